The van der Waals surface area contributed by atoms with Crippen LogP contribution in [0, 0.1) is 11.2 Å². The van der Waals surface area contributed by atoms with Gasteiger partial charge in [-0.05, 0) is 36.0 Å². The summed E-state index contributed by atoms with van der Waals surface area (Å²) in [6.45, 7) is 1.93. The number of nitrogen functional groups attached to an aromatic ring is 1. The first-order valence-corrected chi connectivity index (χ1v) is 6.76. The maximum atomic E-state index is 13.6. The molecule has 0 fully saturated rings. The summed E-state index contributed by atoms with van der Waals surface area (Å²) in [6.07, 6.45) is 2.97. The Labute approximate surface area is 128 Å². The number of amidine groups is 1. The quantitative estimate of drug-likeness (QED) is 0.503. The molecule has 1 heterocycles. The topological polar surface area (TPSA) is 104 Å². The molecular weight excluding hydrogens is 281 g/mol. The van der Waals surface area contributed by atoms with Crippen LogP contribution in [0.5, 0.6) is 0 Å². The maximum absolute atomic E-state index is 13.6. The van der Waals surface area contributed by atoms with Crippen LogP contribution in [-0.4, -0.2) is 17.0 Å². The molecule has 0 spiro atoms. The molecule has 1 aromatic carbocycles. The molecular formula is C16H18FN5. The minimum atomic E-state index is -0.387. The summed E-state index contributed by atoms with van der Waals surface area (Å²) < 4.78 is 13.6. The number of aromatic nitrogens is 1. The van der Waals surface area contributed by atoms with E-state index in [4.69, 9.17) is 16.9 Å². The molecule has 0 bridgehead atoms. The van der Waals surface area contributed by atoms with Gasteiger partial charge < -0.3 is 16.5 Å². The van der Waals surface area contributed by atoms with Gasteiger partial charge >= 0.3 is 0 Å². The SMILES string of the molecule is CC(C(C=Nc1ccccc1F)=CN)c1ccc(C(=N)N)[nH]1. The van der Waals surface area contributed by atoms with Gasteiger partial charge in [0.05, 0.1) is 11.4 Å². The third-order valence-corrected chi connectivity index (χ3v) is 3.36. The van der Waals surface area contributed by atoms with Gasteiger partial charge in [-0.15, -0.1) is 0 Å². The molecule has 0 aliphatic carbocycles. The van der Waals surface area contributed by atoms with Crippen molar-refractivity contribution in [1.82, 2.24) is 4.98 Å². The molecule has 0 aliphatic heterocycles. The van der Waals surface area contributed by atoms with E-state index in [2.05, 4.69) is 9.98 Å². The number of halogens is 1. The van der Waals surface area contributed by atoms with Crippen LogP contribution < -0.4 is 11.5 Å². The zero-order chi connectivity index (χ0) is 16.1. The number of allylic oxidation sites excluding steroid dienone is 1. The standard InChI is InChI=1S/C16H18FN5/c1-10(13-6-7-15(22-13)16(19)20)11(8-18)9-21-14-5-3-2-4-12(14)17/h2-10,22H,18H2,1H3,(H3,19,20). The molecule has 1 unspecified atom stereocenters. The number of aromatic amines is 1. The highest BCUT2D eigenvalue weighted by Gasteiger charge is 2.12. The van der Waals surface area contributed by atoms with Gasteiger partial charge in [0.25, 0.3) is 0 Å². The summed E-state index contributed by atoms with van der Waals surface area (Å²) >= 11 is 0. The molecule has 6 N–H and O–H groups in total. The van der Waals surface area contributed by atoms with Gasteiger partial charge in [0.1, 0.15) is 11.7 Å². The van der Waals surface area contributed by atoms with Crippen molar-refractivity contribution in [2.75, 3.05) is 0 Å². The van der Waals surface area contributed by atoms with Gasteiger partial charge in [-0.1, -0.05) is 19.1 Å². The number of para-hydroxylation sites is 1. The van der Waals surface area contributed by atoms with Crippen molar-refractivity contribution in [3.8, 4) is 0 Å². The van der Waals surface area contributed by atoms with E-state index in [1.165, 1.54) is 18.5 Å². The zero-order valence-electron chi connectivity index (χ0n) is 12.2. The number of nitrogens with one attached hydrogen (secondary N) is 2. The Hall–Kier alpha value is -2.89. The summed E-state index contributed by atoms with van der Waals surface area (Å²) in [5.74, 6) is -0.508. The Morgan fingerprint density at radius 3 is 2.64 bits per heavy atom. The Morgan fingerprint density at radius 1 is 1.32 bits per heavy atom. The third-order valence-electron chi connectivity index (χ3n) is 3.36. The molecule has 2 rings (SSSR count). The van der Waals surface area contributed by atoms with Crippen molar-refractivity contribution >= 4 is 17.7 Å². The first kappa shape index (κ1) is 15.5. The molecule has 6 heteroatoms. The van der Waals surface area contributed by atoms with Gasteiger partial charge in [-0.3, -0.25) is 10.4 Å². The fourth-order valence-corrected chi connectivity index (χ4v) is 2.00. The van der Waals surface area contributed by atoms with E-state index in [1.54, 1.807) is 24.3 Å². The van der Waals surface area contributed by atoms with E-state index in [0.29, 0.717) is 5.69 Å². The van der Waals surface area contributed by atoms with E-state index in [-0.39, 0.29) is 23.3 Å². The number of aliphatic imine (C=N–C) groups is 1. The second-order valence-electron chi connectivity index (χ2n) is 4.84. The van der Waals surface area contributed by atoms with Crippen LogP contribution in [0.3, 0.4) is 0 Å². The number of hydrogen-bond donors (Lipinski definition) is 4. The van der Waals surface area contributed by atoms with E-state index in [0.717, 1.165) is 11.3 Å². The minimum absolute atomic E-state index is 0.0308. The van der Waals surface area contributed by atoms with E-state index in [9.17, 15) is 4.39 Å². The monoisotopic (exact) mass is 299 g/mol. The molecule has 0 saturated carbocycles. The fraction of sp³-hybridized carbons (Fsp3) is 0.125. The first-order chi connectivity index (χ1) is 10.5. The zero-order valence-corrected chi connectivity index (χ0v) is 12.2. The number of nitrogens with two attached hydrogens (primary N) is 2. The third kappa shape index (κ3) is 3.41. The number of rotatable bonds is 5. The normalized spacial score (nSPS) is 13.5. The molecule has 114 valence electrons. The van der Waals surface area contributed by atoms with Gasteiger partial charge in [-0.25, -0.2) is 4.39 Å². The van der Waals surface area contributed by atoms with Crippen LogP contribution in [0.25, 0.3) is 0 Å². The number of hydrogen-bond acceptors (Lipinski definition) is 3. The van der Waals surface area contributed by atoms with Crippen molar-refractivity contribution in [3.63, 3.8) is 0 Å². The van der Waals surface area contributed by atoms with E-state index in [1.807, 2.05) is 13.0 Å². The van der Waals surface area contributed by atoms with Crippen LogP contribution in [0.15, 0.2) is 53.2 Å². The Balaban J connectivity index is 2.21. The highest BCUT2D eigenvalue weighted by atomic mass is 19.1. The summed E-state index contributed by atoms with van der Waals surface area (Å²) in [5, 5.41) is 7.40. The molecule has 0 amide bonds. The molecule has 1 atom stereocenters. The molecule has 0 saturated heterocycles. The summed E-state index contributed by atoms with van der Waals surface area (Å²) in [4.78, 5) is 7.19. The molecule has 1 aromatic heterocycles. The van der Waals surface area contributed by atoms with Gasteiger partial charge in [-0.2, -0.15) is 0 Å². The maximum Gasteiger partial charge on any atom is 0.148 e. The van der Waals surface area contributed by atoms with Gasteiger partial charge in [0.15, 0.2) is 0 Å². The van der Waals surface area contributed by atoms with Gasteiger partial charge in [0, 0.05) is 17.8 Å². The van der Waals surface area contributed by atoms with Crippen LogP contribution in [0.4, 0.5) is 10.1 Å². The molecule has 5 nitrogen and oxygen atoms in total. The Bertz CT molecular complexity index is 730. The molecule has 0 radical (unpaired) electrons. The smallest absolute Gasteiger partial charge is 0.148 e. The first-order valence-electron chi connectivity index (χ1n) is 6.76. The predicted octanol–water partition coefficient (Wildman–Crippen LogP) is 2.79. The minimum Gasteiger partial charge on any atom is -0.404 e. The van der Waals surface area contributed by atoms with E-state index < -0.39 is 0 Å². The summed E-state index contributed by atoms with van der Waals surface area (Å²) in [6, 6.07) is 9.84. The van der Waals surface area contributed by atoms with Crippen molar-refractivity contribution in [2.24, 2.45) is 16.5 Å². The van der Waals surface area contributed by atoms with Crippen molar-refractivity contribution in [3.05, 3.63) is 65.4 Å². The average molecular weight is 299 g/mol. The Morgan fingerprint density at radius 2 is 2.05 bits per heavy atom. The second-order valence-corrected chi connectivity index (χ2v) is 4.84. The van der Waals surface area contributed by atoms with Gasteiger partial charge in [0.2, 0.25) is 0 Å². The molecule has 2 aromatic rings. The summed E-state index contributed by atoms with van der Waals surface area (Å²) in [5.41, 5.74) is 13.5. The highest BCUT2D eigenvalue weighted by Crippen LogP contribution is 2.23. The lowest BCUT2D eigenvalue weighted by Gasteiger charge is -2.10. The lowest BCUT2D eigenvalue weighted by Crippen LogP contribution is -2.12. The number of benzene rings is 1. The number of nitrogens with zero attached hydrogens (tertiary/aromatic N) is 1. The predicted molar refractivity (Wildman–Crippen MR) is 87.0 cm³/mol. The van der Waals surface area contributed by atoms with E-state index >= 15 is 0 Å². The van der Waals surface area contributed by atoms with Crippen LogP contribution >= 0.6 is 0 Å². The average Bonchev–Trinajstić information content (AvgIpc) is 2.99. The largest absolute Gasteiger partial charge is 0.404 e. The lowest BCUT2D eigenvalue weighted by atomic mass is 9.99. The second kappa shape index (κ2) is 6.71. The van der Waals surface area contributed by atoms with Crippen LogP contribution in [-0.2, 0) is 0 Å². The van der Waals surface area contributed by atoms with Crippen molar-refractivity contribution in [1.29, 1.82) is 5.41 Å². The van der Waals surface area contributed by atoms with Crippen molar-refractivity contribution < 1.29 is 4.39 Å². The Kier molecular flexibility index (Phi) is 4.73. The molecule has 0 aliphatic rings. The van der Waals surface area contributed by atoms with Crippen molar-refractivity contribution in [2.45, 2.75) is 12.8 Å². The molecule has 22 heavy (non-hydrogen) atoms. The lowest BCUT2D eigenvalue weighted by molar-refractivity contribution is 0.630. The van der Waals surface area contributed by atoms with Crippen LogP contribution in [0.2, 0.25) is 0 Å². The number of H-pyrrole nitrogens is 1. The fourth-order valence-electron chi connectivity index (χ4n) is 2.00. The summed E-state index contributed by atoms with van der Waals surface area (Å²) in [7, 11) is 0. The highest BCUT2D eigenvalue weighted by molar-refractivity contribution is 5.93. The van der Waals surface area contributed by atoms with Crippen LogP contribution in [0.1, 0.15) is 24.2 Å².